The van der Waals surface area contributed by atoms with Gasteiger partial charge in [0.25, 0.3) is 10.0 Å². The smallest absolute Gasteiger partial charge is 0.273 e. The van der Waals surface area contributed by atoms with Gasteiger partial charge in [-0.3, -0.25) is 0 Å². The Kier molecular flexibility index (Phi) is 6.14. The Morgan fingerprint density at radius 2 is 1.85 bits per heavy atom. The lowest BCUT2D eigenvalue weighted by atomic mass is 10.4. The van der Waals surface area contributed by atoms with Crippen LogP contribution in [0.4, 0.5) is 0 Å². The van der Waals surface area contributed by atoms with E-state index in [1.165, 1.54) is 6.07 Å². The van der Waals surface area contributed by atoms with Gasteiger partial charge in [-0.15, -0.1) is 0 Å². The Balaban J connectivity index is 2.61. The number of sulfonamides is 2. The molecule has 0 atom stereocenters. The van der Waals surface area contributed by atoms with Crippen molar-refractivity contribution in [1.29, 1.82) is 0 Å². The van der Waals surface area contributed by atoms with Gasteiger partial charge < -0.3 is 9.73 Å². The van der Waals surface area contributed by atoms with E-state index >= 15 is 0 Å². The summed E-state index contributed by atoms with van der Waals surface area (Å²) in [5.41, 5.74) is 0. The summed E-state index contributed by atoms with van der Waals surface area (Å²) in [4.78, 5) is 0. The third-order valence-corrected chi connectivity index (χ3v) is 5.08. The van der Waals surface area contributed by atoms with Crippen LogP contribution in [-0.2, 0) is 26.6 Å². The van der Waals surface area contributed by atoms with Crippen molar-refractivity contribution in [3.8, 4) is 0 Å². The molecule has 0 aliphatic carbocycles. The Hall–Kier alpha value is -0.940. The summed E-state index contributed by atoms with van der Waals surface area (Å²) in [5, 5.41) is 2.60. The van der Waals surface area contributed by atoms with Crippen LogP contribution in [0.3, 0.4) is 0 Å². The predicted octanol–water partition coefficient (Wildman–Crippen LogP) is -0.783. The maximum atomic E-state index is 11.9. The standard InChI is InChI=1S/C10H19N3O5S2/c1-3-12-19(14,15)7-6-13-20(16,17)10-5-4-9(18-10)8-11-2/h4-5,11-13H,3,6-8H2,1-2H3. The molecule has 10 heteroatoms. The van der Waals surface area contributed by atoms with Crippen molar-refractivity contribution in [3.05, 3.63) is 17.9 Å². The van der Waals surface area contributed by atoms with E-state index < -0.39 is 20.0 Å². The Labute approximate surface area is 119 Å². The van der Waals surface area contributed by atoms with E-state index in [0.717, 1.165) is 0 Å². The van der Waals surface area contributed by atoms with Crippen LogP contribution in [0.5, 0.6) is 0 Å². The molecule has 0 aliphatic heterocycles. The minimum Gasteiger partial charge on any atom is -0.447 e. The normalized spacial score (nSPS) is 12.7. The first kappa shape index (κ1) is 17.1. The number of furan rings is 1. The van der Waals surface area contributed by atoms with Crippen LogP contribution in [0, 0.1) is 0 Å². The van der Waals surface area contributed by atoms with E-state index in [0.29, 0.717) is 12.3 Å². The molecule has 1 heterocycles. The average molecular weight is 325 g/mol. The van der Waals surface area contributed by atoms with Crippen LogP contribution in [0.25, 0.3) is 0 Å². The molecular formula is C10H19N3O5S2. The highest BCUT2D eigenvalue weighted by Crippen LogP contribution is 2.13. The van der Waals surface area contributed by atoms with Crippen molar-refractivity contribution in [2.24, 2.45) is 0 Å². The molecule has 1 aromatic rings. The molecule has 0 amide bonds. The largest absolute Gasteiger partial charge is 0.447 e. The van der Waals surface area contributed by atoms with Gasteiger partial charge in [0.05, 0.1) is 12.3 Å². The number of hydrogen-bond donors (Lipinski definition) is 3. The molecule has 3 N–H and O–H groups in total. The number of nitrogens with one attached hydrogen (secondary N) is 3. The highest BCUT2D eigenvalue weighted by molar-refractivity contribution is 7.90. The topological polar surface area (TPSA) is 118 Å². The Morgan fingerprint density at radius 3 is 2.45 bits per heavy atom. The minimum atomic E-state index is -3.83. The first-order chi connectivity index (χ1) is 9.30. The van der Waals surface area contributed by atoms with Gasteiger partial charge in [0.1, 0.15) is 5.76 Å². The van der Waals surface area contributed by atoms with Gasteiger partial charge in [-0.2, -0.15) is 0 Å². The molecule has 8 nitrogen and oxygen atoms in total. The predicted molar refractivity (Wildman–Crippen MR) is 74.1 cm³/mol. The second-order valence-corrected chi connectivity index (χ2v) is 7.59. The van der Waals surface area contributed by atoms with E-state index in [-0.39, 0.29) is 23.9 Å². The summed E-state index contributed by atoms with van der Waals surface area (Å²) >= 11 is 0. The molecule has 1 aromatic heterocycles. The van der Waals surface area contributed by atoms with E-state index in [1.54, 1.807) is 20.0 Å². The lowest BCUT2D eigenvalue weighted by Crippen LogP contribution is -2.34. The molecule has 116 valence electrons. The quantitative estimate of drug-likeness (QED) is 0.548. The van der Waals surface area contributed by atoms with E-state index in [4.69, 9.17) is 4.42 Å². The van der Waals surface area contributed by atoms with Crippen LogP contribution in [0.2, 0.25) is 0 Å². The zero-order chi connectivity index (χ0) is 15.2. The molecule has 0 fully saturated rings. The highest BCUT2D eigenvalue weighted by atomic mass is 32.2. The monoisotopic (exact) mass is 325 g/mol. The molecule has 0 saturated carbocycles. The van der Waals surface area contributed by atoms with Crippen molar-refractivity contribution in [1.82, 2.24) is 14.8 Å². The lowest BCUT2D eigenvalue weighted by molar-refractivity contribution is 0.405. The van der Waals surface area contributed by atoms with Gasteiger partial charge >= 0.3 is 0 Å². The van der Waals surface area contributed by atoms with Crippen molar-refractivity contribution in [3.63, 3.8) is 0 Å². The van der Waals surface area contributed by atoms with Gasteiger partial charge in [0.15, 0.2) is 0 Å². The van der Waals surface area contributed by atoms with E-state index in [9.17, 15) is 16.8 Å². The first-order valence-electron chi connectivity index (χ1n) is 6.01. The molecule has 1 rings (SSSR count). The van der Waals surface area contributed by atoms with Crippen molar-refractivity contribution >= 4 is 20.0 Å². The molecular weight excluding hydrogens is 306 g/mol. The van der Waals surface area contributed by atoms with Crippen LogP contribution in [0.1, 0.15) is 12.7 Å². The molecule has 0 unspecified atom stereocenters. The fourth-order valence-corrected chi connectivity index (χ4v) is 3.51. The van der Waals surface area contributed by atoms with Crippen molar-refractivity contribution in [2.45, 2.75) is 18.6 Å². The summed E-state index contributed by atoms with van der Waals surface area (Å²) in [7, 11) is -5.58. The Morgan fingerprint density at radius 1 is 1.15 bits per heavy atom. The van der Waals surface area contributed by atoms with Gasteiger partial charge in [-0.25, -0.2) is 26.3 Å². The van der Waals surface area contributed by atoms with E-state index in [1.807, 2.05) is 0 Å². The summed E-state index contributed by atoms with van der Waals surface area (Å²) in [5.74, 6) is 0.151. The number of hydrogen-bond acceptors (Lipinski definition) is 6. The zero-order valence-corrected chi connectivity index (χ0v) is 13.0. The third kappa shape index (κ3) is 5.21. The second-order valence-electron chi connectivity index (χ2n) is 3.97. The maximum Gasteiger partial charge on any atom is 0.273 e. The SMILES string of the molecule is CCNS(=O)(=O)CCNS(=O)(=O)c1ccc(CNC)o1. The first-order valence-corrected chi connectivity index (χ1v) is 9.14. The van der Waals surface area contributed by atoms with Crippen LogP contribution in [0.15, 0.2) is 21.6 Å². The van der Waals surface area contributed by atoms with E-state index in [2.05, 4.69) is 14.8 Å². The Bertz CT molecular complexity index is 621. The second kappa shape index (κ2) is 7.18. The molecule has 20 heavy (non-hydrogen) atoms. The highest BCUT2D eigenvalue weighted by Gasteiger charge is 2.19. The van der Waals surface area contributed by atoms with Crippen molar-refractivity contribution < 1.29 is 21.3 Å². The minimum absolute atomic E-state index is 0.222. The third-order valence-electron chi connectivity index (χ3n) is 2.28. The summed E-state index contributed by atoms with van der Waals surface area (Å²) < 4.78 is 56.0. The van der Waals surface area contributed by atoms with Crippen molar-refractivity contribution in [2.75, 3.05) is 25.9 Å². The molecule has 0 radical (unpaired) electrons. The van der Waals surface area contributed by atoms with Gasteiger partial charge in [0.2, 0.25) is 15.1 Å². The lowest BCUT2D eigenvalue weighted by Gasteiger charge is -2.06. The average Bonchev–Trinajstić information content (AvgIpc) is 2.78. The zero-order valence-electron chi connectivity index (χ0n) is 11.3. The fourth-order valence-electron chi connectivity index (χ4n) is 1.45. The van der Waals surface area contributed by atoms with Crippen LogP contribution >= 0.6 is 0 Å². The maximum absolute atomic E-state index is 11.9. The molecule has 0 saturated heterocycles. The van der Waals surface area contributed by atoms with Gasteiger partial charge in [-0.1, -0.05) is 6.92 Å². The summed E-state index contributed by atoms with van der Waals surface area (Å²) in [6, 6.07) is 2.87. The molecule has 0 spiro atoms. The molecule has 0 aliphatic rings. The molecule has 0 bridgehead atoms. The molecule has 0 aromatic carbocycles. The van der Waals surface area contributed by atoms with Crippen LogP contribution in [-0.4, -0.2) is 42.7 Å². The van der Waals surface area contributed by atoms with Gasteiger partial charge in [0, 0.05) is 13.1 Å². The number of rotatable bonds is 9. The fraction of sp³-hybridized carbons (Fsp3) is 0.600. The van der Waals surface area contributed by atoms with Crippen LogP contribution < -0.4 is 14.8 Å². The summed E-state index contributed by atoms with van der Waals surface area (Å²) in [6.07, 6.45) is 0. The summed E-state index contributed by atoms with van der Waals surface area (Å²) in [6.45, 7) is 2.10. The van der Waals surface area contributed by atoms with Gasteiger partial charge in [-0.05, 0) is 19.2 Å².